The van der Waals surface area contributed by atoms with Gasteiger partial charge in [0.25, 0.3) is 0 Å². The number of aromatic nitrogens is 2. The monoisotopic (exact) mass is 370 g/mol. The van der Waals surface area contributed by atoms with Crippen molar-refractivity contribution in [3.05, 3.63) is 17.5 Å². The van der Waals surface area contributed by atoms with Gasteiger partial charge in [0, 0.05) is 48.7 Å². The number of ether oxygens (including phenoxy) is 1. The summed E-state index contributed by atoms with van der Waals surface area (Å²) in [6, 6.07) is 0.172. The number of anilines is 1. The summed E-state index contributed by atoms with van der Waals surface area (Å²) in [5.74, 6) is 0.755. The van der Waals surface area contributed by atoms with Gasteiger partial charge < -0.3 is 14.2 Å². The van der Waals surface area contributed by atoms with Crippen LogP contribution in [0.2, 0.25) is 5.15 Å². The second kappa shape index (κ2) is 5.99. The number of rotatable bonds is 1. The van der Waals surface area contributed by atoms with Gasteiger partial charge in [-0.1, -0.05) is 11.6 Å². The maximum absolute atomic E-state index is 12.5. The summed E-state index contributed by atoms with van der Waals surface area (Å²) in [4.78, 5) is 10.7. The van der Waals surface area contributed by atoms with Crippen molar-refractivity contribution in [3.63, 3.8) is 0 Å². The molecule has 0 radical (unpaired) electrons. The molecule has 0 aliphatic carbocycles. The van der Waals surface area contributed by atoms with Crippen LogP contribution in [0.5, 0.6) is 0 Å². The highest BCUT2D eigenvalue weighted by Gasteiger charge is 2.58. The minimum absolute atomic E-state index is 0.0576. The van der Waals surface area contributed by atoms with Gasteiger partial charge in [0.2, 0.25) is 0 Å². The summed E-state index contributed by atoms with van der Waals surface area (Å²) in [5.41, 5.74) is 0.0576. The summed E-state index contributed by atoms with van der Waals surface area (Å²) in [6.45, 7) is 6.55. The molecule has 1 N–H and O–H groups in total. The smallest absolute Gasteiger partial charge is 0.171 e. The number of fused-ring (bicyclic) bond motifs is 2. The fourth-order valence-corrected chi connectivity index (χ4v) is 5.70. The van der Waals surface area contributed by atoms with E-state index in [0.717, 1.165) is 44.8 Å². The number of halogens is 1. The van der Waals surface area contributed by atoms with E-state index in [2.05, 4.69) is 19.6 Å². The van der Waals surface area contributed by atoms with Crippen molar-refractivity contribution in [2.45, 2.75) is 50.0 Å². The van der Waals surface area contributed by atoms with E-state index in [0.29, 0.717) is 5.15 Å². The standard InChI is InChI=1S/C16H23ClN4O2S/c1-15(2)9-11-12(20-24(15)22)16(10-23-11)3-7-21(8-4-16)14-13(17)18-5-6-19-14/h5-6,11-12,20H,3-4,7-10H2,1-2H3/t11-,12+,24?/m0/s1. The van der Waals surface area contributed by atoms with E-state index in [-0.39, 0.29) is 22.3 Å². The third-order valence-corrected chi connectivity index (χ3v) is 7.64. The molecule has 0 amide bonds. The first-order chi connectivity index (χ1) is 11.4. The average Bonchev–Trinajstić information content (AvgIpc) is 2.87. The van der Waals surface area contributed by atoms with Gasteiger partial charge in [-0.2, -0.15) is 0 Å². The Morgan fingerprint density at radius 1 is 1.33 bits per heavy atom. The highest BCUT2D eigenvalue weighted by molar-refractivity contribution is 7.90. The molecule has 1 aromatic heterocycles. The van der Waals surface area contributed by atoms with Crippen LogP contribution >= 0.6 is 11.6 Å². The van der Waals surface area contributed by atoms with Gasteiger partial charge in [-0.25, -0.2) is 9.97 Å². The molecule has 1 spiro atoms. The summed E-state index contributed by atoms with van der Waals surface area (Å²) in [5, 5.41) is 0.452. The Bertz CT molecular complexity index is 624. The molecule has 3 fully saturated rings. The molecule has 1 aromatic rings. The highest BCUT2D eigenvalue weighted by atomic mass is 35.5. The third-order valence-electron chi connectivity index (χ3n) is 5.74. The van der Waals surface area contributed by atoms with E-state index in [1.54, 1.807) is 12.4 Å². The summed E-state index contributed by atoms with van der Waals surface area (Å²) in [6.07, 6.45) is 6.24. The summed E-state index contributed by atoms with van der Waals surface area (Å²) >= 11 is 5.15. The number of nitrogens with one attached hydrogen (secondary N) is 1. The number of hydrogen-bond donors (Lipinski definition) is 1. The lowest BCUT2D eigenvalue weighted by atomic mass is 9.72. The molecule has 1 unspecified atom stereocenters. The van der Waals surface area contributed by atoms with Crippen LogP contribution < -0.4 is 9.62 Å². The van der Waals surface area contributed by atoms with Crippen LogP contribution in [0.4, 0.5) is 5.82 Å². The quantitative estimate of drug-likeness (QED) is 0.761. The molecule has 0 bridgehead atoms. The van der Waals surface area contributed by atoms with Gasteiger partial charge in [0.1, 0.15) is 4.75 Å². The van der Waals surface area contributed by atoms with Crippen LogP contribution in [-0.2, 0) is 16.1 Å². The lowest BCUT2D eigenvalue weighted by Crippen LogP contribution is -2.62. The van der Waals surface area contributed by atoms with Crippen molar-refractivity contribution in [2.24, 2.45) is 5.41 Å². The molecule has 3 atom stereocenters. The first-order valence-electron chi connectivity index (χ1n) is 8.42. The lowest BCUT2D eigenvalue weighted by molar-refractivity contribution is 0.0747. The van der Waals surface area contributed by atoms with E-state index >= 15 is 0 Å². The number of hydrogen-bond acceptors (Lipinski definition) is 6. The molecule has 6 nitrogen and oxygen atoms in total. The van der Waals surface area contributed by atoms with E-state index < -0.39 is 11.4 Å². The fraction of sp³-hybridized carbons (Fsp3) is 0.750. The minimum Gasteiger partial charge on any atom is -0.598 e. The Morgan fingerprint density at radius 3 is 2.75 bits per heavy atom. The predicted octanol–water partition coefficient (Wildman–Crippen LogP) is 1.92. The molecule has 3 aliphatic rings. The van der Waals surface area contributed by atoms with E-state index in [1.807, 2.05) is 13.8 Å². The molecular formula is C16H23ClN4O2S. The maximum Gasteiger partial charge on any atom is 0.171 e. The SMILES string of the molecule is CC1(C)C[C@@H]2OCC3(CCN(c4nccnc4Cl)CC3)[C@@H]2N[S+]1[O-]. The van der Waals surface area contributed by atoms with Crippen molar-refractivity contribution in [1.82, 2.24) is 14.7 Å². The predicted molar refractivity (Wildman–Crippen MR) is 94.4 cm³/mol. The Morgan fingerprint density at radius 2 is 2.04 bits per heavy atom. The molecule has 132 valence electrons. The van der Waals surface area contributed by atoms with Crippen LogP contribution in [0.3, 0.4) is 0 Å². The topological polar surface area (TPSA) is 73.3 Å². The minimum atomic E-state index is -1.02. The van der Waals surface area contributed by atoms with Gasteiger partial charge in [0.15, 0.2) is 11.0 Å². The molecule has 24 heavy (non-hydrogen) atoms. The van der Waals surface area contributed by atoms with Gasteiger partial charge in [-0.05, 0) is 26.7 Å². The van der Waals surface area contributed by atoms with Crippen LogP contribution in [0.15, 0.2) is 12.4 Å². The lowest BCUT2D eigenvalue weighted by Gasteiger charge is -2.46. The van der Waals surface area contributed by atoms with Gasteiger partial charge >= 0.3 is 0 Å². The average molecular weight is 371 g/mol. The second-order valence-electron chi connectivity index (χ2n) is 7.70. The Kier molecular flexibility index (Phi) is 4.20. The van der Waals surface area contributed by atoms with Gasteiger partial charge in [-0.3, -0.25) is 0 Å². The molecule has 4 heterocycles. The molecule has 8 heteroatoms. The number of nitrogens with zero attached hydrogens (tertiary/aromatic N) is 3. The molecule has 4 rings (SSSR count). The van der Waals surface area contributed by atoms with Crippen LogP contribution in [0.1, 0.15) is 33.1 Å². The van der Waals surface area contributed by atoms with E-state index in [9.17, 15) is 4.55 Å². The third kappa shape index (κ3) is 2.70. The first-order valence-corrected chi connectivity index (χ1v) is 9.95. The van der Waals surface area contributed by atoms with Gasteiger partial charge in [0.05, 0.1) is 18.8 Å². The van der Waals surface area contributed by atoms with Crippen molar-refractivity contribution in [2.75, 3.05) is 24.6 Å². The molecule has 0 saturated carbocycles. The van der Waals surface area contributed by atoms with E-state index in [1.165, 1.54) is 0 Å². The Balaban J connectivity index is 1.48. The Hall–Kier alpha value is -0.600. The maximum atomic E-state index is 12.5. The van der Waals surface area contributed by atoms with Crippen molar-refractivity contribution in [3.8, 4) is 0 Å². The van der Waals surface area contributed by atoms with Crippen LogP contribution in [0, 0.1) is 5.41 Å². The fourth-order valence-electron chi connectivity index (χ4n) is 4.21. The van der Waals surface area contributed by atoms with E-state index in [4.69, 9.17) is 16.3 Å². The molecule has 3 saturated heterocycles. The van der Waals surface area contributed by atoms with Crippen LogP contribution in [0.25, 0.3) is 0 Å². The van der Waals surface area contributed by atoms with Crippen molar-refractivity contribution in [1.29, 1.82) is 0 Å². The van der Waals surface area contributed by atoms with Gasteiger partial charge in [-0.15, -0.1) is 4.72 Å². The van der Waals surface area contributed by atoms with Crippen LogP contribution in [-0.4, -0.2) is 51.1 Å². The largest absolute Gasteiger partial charge is 0.598 e. The Labute approximate surface area is 150 Å². The summed E-state index contributed by atoms with van der Waals surface area (Å²) < 4.78 is 21.8. The molecule has 3 aliphatic heterocycles. The summed E-state index contributed by atoms with van der Waals surface area (Å²) in [7, 11) is 0. The first kappa shape index (κ1) is 16.8. The highest BCUT2D eigenvalue weighted by Crippen LogP contribution is 2.48. The normalized spacial score (nSPS) is 34.3. The molecular weight excluding hydrogens is 348 g/mol. The number of piperidine rings is 1. The second-order valence-corrected chi connectivity index (χ2v) is 9.93. The zero-order valence-corrected chi connectivity index (χ0v) is 15.6. The zero-order chi connectivity index (χ0) is 16.9. The van der Waals surface area contributed by atoms with Crippen molar-refractivity contribution >= 4 is 28.8 Å². The van der Waals surface area contributed by atoms with Crippen molar-refractivity contribution < 1.29 is 9.29 Å². The molecule has 0 aromatic carbocycles. The zero-order valence-electron chi connectivity index (χ0n) is 14.0.